The molecule has 1 aromatic heterocycles. The zero-order chi connectivity index (χ0) is 31.8. The molecule has 1 amide bonds. The number of fused-ring (bicyclic) bond motifs is 2. The van der Waals surface area contributed by atoms with Crippen molar-refractivity contribution in [3.63, 3.8) is 0 Å². The Kier molecular flexibility index (Phi) is 8.42. The normalized spacial score (nSPS) is 18.8. The van der Waals surface area contributed by atoms with Crippen LogP contribution in [0.3, 0.4) is 0 Å². The third-order valence-electron chi connectivity index (χ3n) is 7.94. The van der Waals surface area contributed by atoms with E-state index in [1.54, 1.807) is 43.5 Å². The molecule has 1 fully saturated rings. The molecule has 0 saturated carbocycles. The van der Waals surface area contributed by atoms with Crippen molar-refractivity contribution in [3.8, 4) is 23.0 Å². The van der Waals surface area contributed by atoms with Gasteiger partial charge in [-0.15, -0.1) is 0 Å². The number of nitrogens with zero attached hydrogens (tertiary/aromatic N) is 2. The number of amides is 1. The smallest absolute Gasteiger partial charge is 0.301 e. The molecule has 234 valence electrons. The van der Waals surface area contributed by atoms with Crippen LogP contribution in [-0.4, -0.2) is 48.2 Å². The maximum atomic E-state index is 13.8. The van der Waals surface area contributed by atoms with E-state index in [-0.39, 0.29) is 17.4 Å². The number of thiazole rings is 1. The third kappa shape index (κ3) is 5.82. The lowest BCUT2D eigenvalue weighted by Gasteiger charge is -2.24. The molecule has 4 aromatic rings. The first-order valence-corrected chi connectivity index (χ1v) is 15.9. The number of aliphatic hydroxyl groups excluding tert-OH is 1. The van der Waals surface area contributed by atoms with Gasteiger partial charge in [-0.25, -0.2) is 4.98 Å². The molecule has 2 aliphatic heterocycles. The first kappa shape index (κ1) is 30.5. The van der Waals surface area contributed by atoms with Crippen LogP contribution >= 0.6 is 11.3 Å². The molecule has 0 bridgehead atoms. The summed E-state index contributed by atoms with van der Waals surface area (Å²) in [4.78, 5) is 33.8. The van der Waals surface area contributed by atoms with Crippen LogP contribution in [0.1, 0.15) is 56.8 Å². The Morgan fingerprint density at radius 1 is 1.09 bits per heavy atom. The summed E-state index contributed by atoms with van der Waals surface area (Å²) in [6, 6.07) is 15.2. The summed E-state index contributed by atoms with van der Waals surface area (Å²) in [6.07, 6.45) is 1.57. The fourth-order valence-electron chi connectivity index (χ4n) is 5.68. The molecule has 0 aliphatic carbocycles. The lowest BCUT2D eigenvalue weighted by Crippen LogP contribution is -2.29. The number of hydrogen-bond donors (Lipinski definition) is 1. The minimum absolute atomic E-state index is 0.0129. The van der Waals surface area contributed by atoms with Crippen LogP contribution in [0.25, 0.3) is 16.0 Å². The Morgan fingerprint density at radius 2 is 1.91 bits per heavy atom. The van der Waals surface area contributed by atoms with Gasteiger partial charge in [0, 0.05) is 12.0 Å². The number of carbonyl (C=O) groups is 2. The van der Waals surface area contributed by atoms with Gasteiger partial charge in [0.1, 0.15) is 23.4 Å². The molecule has 9 nitrogen and oxygen atoms in total. The standard InChI is InChI=1S/C35H36N2O7S/c1-6-42-28-17-21(7-12-27(28)43-14-13-19(2)3)31-30(32(38)22-8-11-26-23(16-22)15-20(4)44-26)33(39)34(40)37(31)35-36-25-10-9-24(41-5)18-29(25)45-35/h7-12,16-20,31,38H,6,13-15H2,1-5H3/b32-30+/t20-,31-/m0/s1. The summed E-state index contributed by atoms with van der Waals surface area (Å²) in [5.41, 5.74) is 2.57. The van der Waals surface area contributed by atoms with Gasteiger partial charge in [-0.1, -0.05) is 31.3 Å². The average Bonchev–Trinajstić information content (AvgIpc) is 3.69. The Labute approximate surface area is 266 Å². The Morgan fingerprint density at radius 3 is 2.67 bits per heavy atom. The highest BCUT2D eigenvalue weighted by Crippen LogP contribution is 2.46. The zero-order valence-corrected chi connectivity index (χ0v) is 26.8. The number of anilines is 1. The molecule has 2 aliphatic rings. The second-order valence-corrected chi connectivity index (χ2v) is 12.6. The Bertz CT molecular complexity index is 1810. The number of ether oxygens (including phenoxy) is 4. The predicted molar refractivity (Wildman–Crippen MR) is 174 cm³/mol. The number of ketones is 1. The number of carbonyl (C=O) groups excluding carboxylic acids is 2. The van der Waals surface area contributed by atoms with Crippen LogP contribution in [0.15, 0.2) is 60.2 Å². The van der Waals surface area contributed by atoms with Crippen molar-refractivity contribution in [2.24, 2.45) is 5.92 Å². The van der Waals surface area contributed by atoms with Crippen molar-refractivity contribution in [1.82, 2.24) is 4.98 Å². The molecular formula is C35H36N2O7S. The van der Waals surface area contributed by atoms with E-state index in [0.29, 0.717) is 64.6 Å². The fourth-order valence-corrected chi connectivity index (χ4v) is 6.70. The molecule has 1 N–H and O–H groups in total. The molecule has 0 unspecified atom stereocenters. The van der Waals surface area contributed by atoms with Crippen molar-refractivity contribution >= 4 is 44.1 Å². The minimum Gasteiger partial charge on any atom is -0.507 e. The van der Waals surface area contributed by atoms with Gasteiger partial charge < -0.3 is 24.1 Å². The number of benzene rings is 3. The summed E-state index contributed by atoms with van der Waals surface area (Å²) < 4.78 is 24.0. The molecular weight excluding hydrogens is 592 g/mol. The van der Waals surface area contributed by atoms with E-state index in [1.165, 1.54) is 16.2 Å². The highest BCUT2D eigenvalue weighted by Gasteiger charge is 2.48. The zero-order valence-electron chi connectivity index (χ0n) is 26.0. The summed E-state index contributed by atoms with van der Waals surface area (Å²) in [6.45, 7) is 9.03. The average molecular weight is 629 g/mol. The third-order valence-corrected chi connectivity index (χ3v) is 8.96. The van der Waals surface area contributed by atoms with Crippen LogP contribution in [0, 0.1) is 5.92 Å². The molecule has 6 rings (SSSR count). The van der Waals surface area contributed by atoms with E-state index in [2.05, 4.69) is 13.8 Å². The van der Waals surface area contributed by atoms with Crippen LogP contribution in [0.2, 0.25) is 0 Å². The van der Waals surface area contributed by atoms with Gasteiger partial charge in [0.25, 0.3) is 5.78 Å². The van der Waals surface area contributed by atoms with Gasteiger partial charge in [0.2, 0.25) is 0 Å². The van der Waals surface area contributed by atoms with Crippen LogP contribution in [-0.2, 0) is 16.0 Å². The number of Topliss-reactive ketones (excluding diaryl/α,β-unsaturated/α-hetero) is 1. The molecule has 0 spiro atoms. The highest BCUT2D eigenvalue weighted by atomic mass is 32.1. The summed E-state index contributed by atoms with van der Waals surface area (Å²) in [5.74, 6) is 1.09. The topological polar surface area (TPSA) is 107 Å². The molecule has 45 heavy (non-hydrogen) atoms. The monoisotopic (exact) mass is 628 g/mol. The number of aromatic nitrogens is 1. The number of aliphatic hydroxyl groups is 1. The highest BCUT2D eigenvalue weighted by molar-refractivity contribution is 7.22. The summed E-state index contributed by atoms with van der Waals surface area (Å²) in [5, 5.41) is 12.1. The van der Waals surface area contributed by atoms with Crippen molar-refractivity contribution in [2.45, 2.75) is 52.7 Å². The molecule has 3 heterocycles. The maximum Gasteiger partial charge on any atom is 0.301 e. The lowest BCUT2D eigenvalue weighted by molar-refractivity contribution is -0.132. The first-order valence-electron chi connectivity index (χ1n) is 15.1. The predicted octanol–water partition coefficient (Wildman–Crippen LogP) is 7.08. The van der Waals surface area contributed by atoms with E-state index in [9.17, 15) is 14.7 Å². The second kappa shape index (κ2) is 12.4. The quantitative estimate of drug-likeness (QED) is 0.113. The van der Waals surface area contributed by atoms with Crippen LogP contribution in [0.5, 0.6) is 23.0 Å². The molecule has 3 aromatic carbocycles. The van der Waals surface area contributed by atoms with E-state index in [0.717, 1.165) is 22.4 Å². The van der Waals surface area contributed by atoms with Gasteiger partial charge >= 0.3 is 5.91 Å². The second-order valence-electron chi connectivity index (χ2n) is 11.6. The van der Waals surface area contributed by atoms with Gasteiger partial charge in [0.05, 0.1) is 42.2 Å². The van der Waals surface area contributed by atoms with Crippen molar-refractivity contribution in [3.05, 3.63) is 76.9 Å². The van der Waals surface area contributed by atoms with Gasteiger partial charge in [-0.3, -0.25) is 14.5 Å². The molecule has 10 heteroatoms. The summed E-state index contributed by atoms with van der Waals surface area (Å²) in [7, 11) is 1.58. The lowest BCUT2D eigenvalue weighted by atomic mass is 9.94. The fraction of sp³-hybridized carbons (Fsp3) is 0.343. The Hall–Kier alpha value is -4.57. The van der Waals surface area contributed by atoms with Gasteiger partial charge in [0.15, 0.2) is 16.6 Å². The van der Waals surface area contributed by atoms with Crippen molar-refractivity contribution < 1.29 is 33.6 Å². The van der Waals surface area contributed by atoms with Gasteiger partial charge in [-0.05, 0) is 85.8 Å². The first-order chi connectivity index (χ1) is 21.7. The summed E-state index contributed by atoms with van der Waals surface area (Å²) >= 11 is 1.27. The largest absolute Gasteiger partial charge is 0.507 e. The van der Waals surface area contributed by atoms with E-state index < -0.39 is 17.7 Å². The number of methoxy groups -OCH3 is 1. The maximum absolute atomic E-state index is 13.8. The molecule has 0 radical (unpaired) electrons. The SMILES string of the molecule is CCOc1cc([C@H]2/C(=C(\O)c3ccc4c(c3)C[C@H](C)O4)C(=O)C(=O)N2c2nc3ccc(OC)cc3s2)ccc1OCCC(C)C. The van der Waals surface area contributed by atoms with Gasteiger partial charge in [-0.2, -0.15) is 0 Å². The van der Waals surface area contributed by atoms with E-state index in [1.807, 2.05) is 32.0 Å². The minimum atomic E-state index is -0.972. The Balaban J connectivity index is 1.50. The number of hydrogen-bond acceptors (Lipinski definition) is 9. The van der Waals surface area contributed by atoms with E-state index in [4.69, 9.17) is 23.9 Å². The molecule has 1 saturated heterocycles. The number of rotatable bonds is 10. The van der Waals surface area contributed by atoms with Crippen LogP contribution in [0.4, 0.5) is 5.13 Å². The van der Waals surface area contributed by atoms with Crippen LogP contribution < -0.4 is 23.8 Å². The van der Waals surface area contributed by atoms with Crippen molar-refractivity contribution in [2.75, 3.05) is 25.2 Å². The molecule has 2 atom stereocenters. The van der Waals surface area contributed by atoms with E-state index >= 15 is 0 Å². The van der Waals surface area contributed by atoms with Crippen molar-refractivity contribution in [1.29, 1.82) is 0 Å².